The number of methoxy groups -OCH3 is 1. The Bertz CT molecular complexity index is 512. The summed E-state index contributed by atoms with van der Waals surface area (Å²) in [6.07, 6.45) is 0. The quantitative estimate of drug-likeness (QED) is 0.622. The van der Waals surface area contributed by atoms with Crippen LogP contribution in [0.5, 0.6) is 5.75 Å². The maximum absolute atomic E-state index is 12.0. The van der Waals surface area contributed by atoms with Crippen LogP contribution in [0.1, 0.15) is 10.4 Å². The van der Waals surface area contributed by atoms with E-state index in [1.165, 1.54) is 13.2 Å². The van der Waals surface area contributed by atoms with E-state index in [4.69, 9.17) is 21.0 Å². The average Bonchev–Trinajstić information content (AvgIpc) is 2.37. The van der Waals surface area contributed by atoms with Gasteiger partial charge in [-0.3, -0.25) is 4.79 Å². The van der Waals surface area contributed by atoms with Gasteiger partial charge in [-0.15, -0.1) is 0 Å². The lowest BCUT2D eigenvalue weighted by atomic mass is 10.1. The number of anilines is 1. The molecule has 0 radical (unpaired) electrons. The van der Waals surface area contributed by atoms with Crippen molar-refractivity contribution in [1.29, 1.82) is 10.5 Å². The number of nitriles is 2. The number of benzene rings is 1. The summed E-state index contributed by atoms with van der Waals surface area (Å²) in [4.78, 5) is 13.1. The number of amides is 1. The van der Waals surface area contributed by atoms with Gasteiger partial charge in [-0.2, -0.15) is 10.5 Å². The number of carbonyl (C=O) groups excluding carboxylic acids is 1. The van der Waals surface area contributed by atoms with Crippen LogP contribution in [0.3, 0.4) is 0 Å². The first-order valence-corrected chi connectivity index (χ1v) is 5.10. The fourth-order valence-corrected chi connectivity index (χ4v) is 1.42. The van der Waals surface area contributed by atoms with Gasteiger partial charge in [0, 0.05) is 5.56 Å². The molecule has 1 aromatic rings. The summed E-state index contributed by atoms with van der Waals surface area (Å²) in [5.74, 6) is 0.0612. The van der Waals surface area contributed by atoms with E-state index in [-0.39, 0.29) is 13.1 Å². The molecule has 6 heteroatoms. The molecule has 0 unspecified atom stereocenters. The van der Waals surface area contributed by atoms with Gasteiger partial charge in [-0.25, -0.2) is 0 Å². The zero-order valence-electron chi connectivity index (χ0n) is 9.88. The highest BCUT2D eigenvalue weighted by molar-refractivity contribution is 5.95. The van der Waals surface area contributed by atoms with Crippen molar-refractivity contribution in [1.82, 2.24) is 4.90 Å². The lowest BCUT2D eigenvalue weighted by Crippen LogP contribution is -2.31. The van der Waals surface area contributed by atoms with E-state index in [2.05, 4.69) is 0 Å². The zero-order chi connectivity index (χ0) is 13.5. The standard InChI is InChI=1S/C12H12N4O2/c1-18-11-3-2-9(8-10(11)15)12(17)16(6-4-13)7-5-14/h2-3,8H,6-7,15H2,1H3. The monoisotopic (exact) mass is 244 g/mol. The first-order chi connectivity index (χ1) is 8.63. The molecule has 0 aromatic heterocycles. The first-order valence-electron chi connectivity index (χ1n) is 5.10. The largest absolute Gasteiger partial charge is 0.495 e. The Morgan fingerprint density at radius 3 is 2.44 bits per heavy atom. The molecule has 0 saturated carbocycles. The average molecular weight is 244 g/mol. The number of rotatable bonds is 4. The Balaban J connectivity index is 2.99. The van der Waals surface area contributed by atoms with Crippen molar-refractivity contribution in [2.45, 2.75) is 0 Å². The Labute approximate surface area is 105 Å². The van der Waals surface area contributed by atoms with Crippen LogP contribution in [0, 0.1) is 22.7 Å². The van der Waals surface area contributed by atoms with Gasteiger partial charge in [0.25, 0.3) is 5.91 Å². The normalized spacial score (nSPS) is 9.06. The molecule has 2 N–H and O–H groups in total. The Morgan fingerprint density at radius 2 is 2.00 bits per heavy atom. The van der Waals surface area contributed by atoms with Crippen molar-refractivity contribution < 1.29 is 9.53 Å². The van der Waals surface area contributed by atoms with E-state index in [0.717, 1.165) is 4.90 Å². The first kappa shape index (κ1) is 13.3. The van der Waals surface area contributed by atoms with Gasteiger partial charge < -0.3 is 15.4 Å². The maximum Gasteiger partial charge on any atom is 0.255 e. The van der Waals surface area contributed by atoms with Gasteiger partial charge in [-0.05, 0) is 18.2 Å². The predicted octanol–water partition coefficient (Wildman–Crippen LogP) is 0.767. The molecule has 1 amide bonds. The van der Waals surface area contributed by atoms with Crippen molar-refractivity contribution in [2.24, 2.45) is 0 Å². The van der Waals surface area contributed by atoms with Crippen molar-refractivity contribution in [3.8, 4) is 17.9 Å². The molecule has 92 valence electrons. The van der Waals surface area contributed by atoms with E-state index in [1.807, 2.05) is 12.1 Å². The van der Waals surface area contributed by atoms with Crippen LogP contribution in [0.25, 0.3) is 0 Å². The second kappa shape index (κ2) is 6.12. The summed E-state index contributed by atoms with van der Waals surface area (Å²) in [6, 6.07) is 8.25. The lowest BCUT2D eigenvalue weighted by Gasteiger charge is -2.16. The molecule has 0 spiro atoms. The van der Waals surface area contributed by atoms with Crippen LogP contribution in [0.15, 0.2) is 18.2 Å². The molecule has 0 saturated heterocycles. The molecular weight excluding hydrogens is 232 g/mol. The van der Waals surface area contributed by atoms with Crippen molar-refractivity contribution in [2.75, 3.05) is 25.9 Å². The second-order valence-corrected chi connectivity index (χ2v) is 3.43. The summed E-state index contributed by atoms with van der Waals surface area (Å²) in [6.45, 7) is -0.281. The topological polar surface area (TPSA) is 103 Å². The number of nitrogens with zero attached hydrogens (tertiary/aromatic N) is 3. The van der Waals surface area contributed by atoms with E-state index < -0.39 is 5.91 Å². The number of nitrogen functional groups attached to an aromatic ring is 1. The SMILES string of the molecule is COc1ccc(C(=O)N(CC#N)CC#N)cc1N. The van der Waals surface area contributed by atoms with Crippen LogP contribution < -0.4 is 10.5 Å². The molecular formula is C12H12N4O2. The molecule has 0 aliphatic rings. The Hall–Kier alpha value is -2.73. The van der Waals surface area contributed by atoms with Crippen LogP contribution in [0.2, 0.25) is 0 Å². The predicted molar refractivity (Wildman–Crippen MR) is 64.5 cm³/mol. The van der Waals surface area contributed by atoms with Gasteiger partial charge in [-0.1, -0.05) is 0 Å². The molecule has 0 heterocycles. The van der Waals surface area contributed by atoms with Crippen molar-refractivity contribution in [3.05, 3.63) is 23.8 Å². The molecule has 1 aromatic carbocycles. The molecule has 0 fully saturated rings. The highest BCUT2D eigenvalue weighted by Gasteiger charge is 2.16. The second-order valence-electron chi connectivity index (χ2n) is 3.43. The van der Waals surface area contributed by atoms with E-state index >= 15 is 0 Å². The number of hydrogen-bond acceptors (Lipinski definition) is 5. The molecule has 0 atom stereocenters. The smallest absolute Gasteiger partial charge is 0.255 e. The number of nitrogens with two attached hydrogens (primary N) is 1. The minimum Gasteiger partial charge on any atom is -0.495 e. The van der Waals surface area contributed by atoms with Crippen molar-refractivity contribution >= 4 is 11.6 Å². The molecule has 6 nitrogen and oxygen atoms in total. The molecule has 0 aliphatic carbocycles. The summed E-state index contributed by atoms with van der Waals surface area (Å²) in [5, 5.41) is 17.2. The highest BCUT2D eigenvalue weighted by atomic mass is 16.5. The third-order valence-electron chi connectivity index (χ3n) is 2.29. The maximum atomic E-state index is 12.0. The third-order valence-corrected chi connectivity index (χ3v) is 2.29. The fourth-order valence-electron chi connectivity index (χ4n) is 1.42. The van der Waals surface area contributed by atoms with E-state index in [0.29, 0.717) is 17.0 Å². The molecule has 1 rings (SSSR count). The lowest BCUT2D eigenvalue weighted by molar-refractivity contribution is 0.0794. The van der Waals surface area contributed by atoms with E-state index in [1.54, 1.807) is 12.1 Å². The Kier molecular flexibility index (Phi) is 4.53. The van der Waals surface area contributed by atoms with Crippen molar-refractivity contribution in [3.63, 3.8) is 0 Å². The minimum absolute atomic E-state index is 0.141. The summed E-state index contributed by atoms with van der Waals surface area (Å²) >= 11 is 0. The summed E-state index contributed by atoms with van der Waals surface area (Å²) in [7, 11) is 1.48. The fraction of sp³-hybridized carbons (Fsp3) is 0.250. The zero-order valence-corrected chi connectivity index (χ0v) is 9.88. The van der Waals surface area contributed by atoms with Crippen LogP contribution in [-0.4, -0.2) is 31.0 Å². The summed E-state index contributed by atoms with van der Waals surface area (Å²) in [5.41, 5.74) is 6.34. The van der Waals surface area contributed by atoms with Gasteiger partial charge in [0.15, 0.2) is 0 Å². The van der Waals surface area contributed by atoms with Crippen LogP contribution in [-0.2, 0) is 0 Å². The Morgan fingerprint density at radius 1 is 1.39 bits per heavy atom. The number of hydrogen-bond donors (Lipinski definition) is 1. The highest BCUT2D eigenvalue weighted by Crippen LogP contribution is 2.22. The van der Waals surface area contributed by atoms with Crippen LogP contribution >= 0.6 is 0 Å². The number of carbonyl (C=O) groups is 1. The van der Waals surface area contributed by atoms with Gasteiger partial charge in [0.05, 0.1) is 24.9 Å². The van der Waals surface area contributed by atoms with Gasteiger partial charge in [0.2, 0.25) is 0 Å². The molecule has 0 bridgehead atoms. The van der Waals surface area contributed by atoms with Crippen LogP contribution in [0.4, 0.5) is 5.69 Å². The van der Waals surface area contributed by atoms with Gasteiger partial charge in [0.1, 0.15) is 18.8 Å². The minimum atomic E-state index is -0.410. The van der Waals surface area contributed by atoms with Gasteiger partial charge >= 0.3 is 0 Å². The molecule has 18 heavy (non-hydrogen) atoms. The third kappa shape index (κ3) is 2.89. The van der Waals surface area contributed by atoms with E-state index in [9.17, 15) is 4.79 Å². The number of ether oxygens (including phenoxy) is 1. The molecule has 0 aliphatic heterocycles. The summed E-state index contributed by atoms with van der Waals surface area (Å²) < 4.78 is 4.98.